The summed E-state index contributed by atoms with van der Waals surface area (Å²) in [7, 11) is 0. The van der Waals surface area contributed by atoms with E-state index < -0.39 is 18.0 Å². The van der Waals surface area contributed by atoms with Crippen LogP contribution in [0.15, 0.2) is 67.0 Å². The van der Waals surface area contributed by atoms with Crippen molar-refractivity contribution >= 4 is 17.6 Å². The summed E-state index contributed by atoms with van der Waals surface area (Å²) < 4.78 is 5.20. The Morgan fingerprint density at radius 1 is 0.963 bits per heavy atom. The molecule has 0 aliphatic carbocycles. The van der Waals surface area contributed by atoms with Gasteiger partial charge in [0.1, 0.15) is 0 Å². The minimum Gasteiger partial charge on any atom is -0.448 e. The lowest BCUT2D eigenvalue weighted by Gasteiger charge is -2.15. The molecule has 27 heavy (non-hydrogen) atoms. The molecule has 0 spiro atoms. The molecule has 0 unspecified atom stereocenters. The molecule has 1 amide bonds. The number of amides is 1. The van der Waals surface area contributed by atoms with Crippen molar-refractivity contribution in [1.29, 1.82) is 0 Å². The van der Waals surface area contributed by atoms with Crippen LogP contribution in [0.2, 0.25) is 0 Å². The van der Waals surface area contributed by atoms with Gasteiger partial charge in [0.05, 0.1) is 11.9 Å². The first kappa shape index (κ1) is 18.3. The molecule has 1 atom stereocenters. The highest BCUT2D eigenvalue weighted by molar-refractivity contribution is 5.99. The molecular formula is C21H19N3O3. The Morgan fingerprint density at radius 2 is 1.67 bits per heavy atom. The molecule has 0 saturated heterocycles. The fourth-order valence-electron chi connectivity index (χ4n) is 2.47. The number of nitrogens with one attached hydrogen (secondary N) is 1. The zero-order valence-electron chi connectivity index (χ0n) is 15.0. The first-order valence-electron chi connectivity index (χ1n) is 8.49. The van der Waals surface area contributed by atoms with Crippen LogP contribution in [-0.2, 0) is 9.53 Å². The summed E-state index contributed by atoms with van der Waals surface area (Å²) in [5.74, 6) is -1.12. The van der Waals surface area contributed by atoms with Gasteiger partial charge in [0.2, 0.25) is 0 Å². The number of aryl methyl sites for hydroxylation is 1. The quantitative estimate of drug-likeness (QED) is 0.702. The molecule has 1 N–H and O–H groups in total. The van der Waals surface area contributed by atoms with Crippen molar-refractivity contribution in [2.24, 2.45) is 0 Å². The lowest BCUT2D eigenvalue weighted by atomic mass is 10.0. The number of carbonyl (C=O) groups excluding carboxylic acids is 2. The molecule has 0 aliphatic heterocycles. The number of aromatic nitrogens is 2. The summed E-state index contributed by atoms with van der Waals surface area (Å²) in [6.45, 7) is 3.28. The standard InChI is InChI=1S/C21H19N3O3/c1-14-12-23-19(13-22-14)21(26)27-15(2)20(25)24-18-11-7-6-10-17(18)16-8-4-3-5-9-16/h3-13,15H,1-2H3,(H,24,25)/t15-/m0/s1. The molecule has 0 bridgehead atoms. The Labute approximate surface area is 157 Å². The highest BCUT2D eigenvalue weighted by Crippen LogP contribution is 2.27. The van der Waals surface area contributed by atoms with E-state index in [9.17, 15) is 9.59 Å². The number of hydrogen-bond donors (Lipinski definition) is 1. The highest BCUT2D eigenvalue weighted by Gasteiger charge is 2.21. The van der Waals surface area contributed by atoms with Crippen molar-refractivity contribution in [3.8, 4) is 11.1 Å². The van der Waals surface area contributed by atoms with Crippen LogP contribution < -0.4 is 5.32 Å². The van der Waals surface area contributed by atoms with E-state index in [-0.39, 0.29) is 5.69 Å². The zero-order chi connectivity index (χ0) is 19.2. The van der Waals surface area contributed by atoms with Gasteiger partial charge in [-0.15, -0.1) is 0 Å². The van der Waals surface area contributed by atoms with Crippen molar-refractivity contribution < 1.29 is 14.3 Å². The third-order valence-electron chi connectivity index (χ3n) is 3.91. The van der Waals surface area contributed by atoms with Gasteiger partial charge in [0.15, 0.2) is 11.8 Å². The Balaban J connectivity index is 1.70. The van der Waals surface area contributed by atoms with Gasteiger partial charge in [-0.05, 0) is 25.5 Å². The SMILES string of the molecule is Cc1cnc(C(=O)O[C@@H](C)C(=O)Nc2ccccc2-c2ccccc2)cn1. The number of ether oxygens (including phenoxy) is 1. The third-order valence-corrected chi connectivity index (χ3v) is 3.91. The Hall–Kier alpha value is -3.54. The number of para-hydroxylation sites is 1. The van der Waals surface area contributed by atoms with Crippen molar-refractivity contribution in [2.75, 3.05) is 5.32 Å². The predicted molar refractivity (Wildman–Crippen MR) is 102 cm³/mol. The molecule has 0 fully saturated rings. The smallest absolute Gasteiger partial charge is 0.359 e. The molecule has 1 heterocycles. The second-order valence-electron chi connectivity index (χ2n) is 5.99. The molecule has 2 aromatic carbocycles. The maximum atomic E-state index is 12.5. The van der Waals surface area contributed by atoms with Crippen LogP contribution in [0.4, 0.5) is 5.69 Å². The molecule has 1 aromatic heterocycles. The van der Waals surface area contributed by atoms with Gasteiger partial charge in [-0.2, -0.15) is 0 Å². The average molecular weight is 361 g/mol. The first-order valence-corrected chi connectivity index (χ1v) is 8.49. The van der Waals surface area contributed by atoms with E-state index >= 15 is 0 Å². The van der Waals surface area contributed by atoms with Gasteiger partial charge in [-0.3, -0.25) is 9.78 Å². The number of benzene rings is 2. The van der Waals surface area contributed by atoms with E-state index in [1.54, 1.807) is 13.0 Å². The van der Waals surface area contributed by atoms with Gasteiger partial charge in [0, 0.05) is 17.4 Å². The number of anilines is 1. The maximum absolute atomic E-state index is 12.5. The lowest BCUT2D eigenvalue weighted by molar-refractivity contribution is -0.123. The largest absolute Gasteiger partial charge is 0.448 e. The lowest BCUT2D eigenvalue weighted by Crippen LogP contribution is -2.30. The second kappa shape index (κ2) is 8.23. The van der Waals surface area contributed by atoms with Crippen molar-refractivity contribution in [2.45, 2.75) is 20.0 Å². The maximum Gasteiger partial charge on any atom is 0.359 e. The average Bonchev–Trinajstić information content (AvgIpc) is 2.69. The highest BCUT2D eigenvalue weighted by atomic mass is 16.5. The Bertz CT molecular complexity index is 940. The summed E-state index contributed by atoms with van der Waals surface area (Å²) in [6, 6.07) is 17.2. The molecule has 6 nitrogen and oxygen atoms in total. The van der Waals surface area contributed by atoms with Gasteiger partial charge < -0.3 is 10.1 Å². The Morgan fingerprint density at radius 3 is 2.37 bits per heavy atom. The van der Waals surface area contributed by atoms with Crippen molar-refractivity contribution in [3.63, 3.8) is 0 Å². The summed E-state index contributed by atoms with van der Waals surface area (Å²) >= 11 is 0. The monoisotopic (exact) mass is 361 g/mol. The number of rotatable bonds is 5. The molecule has 6 heteroatoms. The summed E-state index contributed by atoms with van der Waals surface area (Å²) in [6.07, 6.45) is 1.81. The molecule has 3 rings (SSSR count). The van der Waals surface area contributed by atoms with Crippen LogP contribution in [0.25, 0.3) is 11.1 Å². The summed E-state index contributed by atoms with van der Waals surface area (Å²) in [4.78, 5) is 32.6. The van der Waals surface area contributed by atoms with E-state index in [0.29, 0.717) is 11.4 Å². The first-order chi connectivity index (χ1) is 13.0. The minimum atomic E-state index is -0.982. The van der Waals surface area contributed by atoms with E-state index in [2.05, 4.69) is 15.3 Å². The fourth-order valence-corrected chi connectivity index (χ4v) is 2.47. The summed E-state index contributed by atoms with van der Waals surface area (Å²) in [5, 5.41) is 2.82. The van der Waals surface area contributed by atoms with E-state index in [0.717, 1.165) is 11.1 Å². The molecular weight excluding hydrogens is 342 g/mol. The van der Waals surface area contributed by atoms with Gasteiger partial charge >= 0.3 is 5.97 Å². The number of hydrogen-bond acceptors (Lipinski definition) is 5. The van der Waals surface area contributed by atoms with Crippen LogP contribution in [0.3, 0.4) is 0 Å². The van der Waals surface area contributed by atoms with E-state index in [1.807, 2.05) is 48.5 Å². The van der Waals surface area contributed by atoms with Crippen LogP contribution in [-0.4, -0.2) is 27.9 Å². The molecule has 0 saturated carbocycles. The van der Waals surface area contributed by atoms with Crippen molar-refractivity contribution in [3.05, 3.63) is 78.4 Å². The topological polar surface area (TPSA) is 81.2 Å². The Kier molecular flexibility index (Phi) is 5.56. The van der Waals surface area contributed by atoms with Gasteiger partial charge in [0.25, 0.3) is 5.91 Å². The number of esters is 1. The van der Waals surface area contributed by atoms with Crippen LogP contribution in [0.5, 0.6) is 0 Å². The number of carbonyl (C=O) groups is 2. The van der Waals surface area contributed by atoms with E-state index in [1.165, 1.54) is 19.3 Å². The normalized spacial score (nSPS) is 11.5. The molecule has 136 valence electrons. The third kappa shape index (κ3) is 4.55. The molecule has 0 aliphatic rings. The van der Waals surface area contributed by atoms with Crippen LogP contribution >= 0.6 is 0 Å². The fraction of sp³-hybridized carbons (Fsp3) is 0.143. The van der Waals surface area contributed by atoms with Crippen LogP contribution in [0, 0.1) is 6.92 Å². The van der Waals surface area contributed by atoms with Crippen LogP contribution in [0.1, 0.15) is 23.1 Å². The van der Waals surface area contributed by atoms with Gasteiger partial charge in [-0.25, -0.2) is 9.78 Å². The number of nitrogens with zero attached hydrogens (tertiary/aromatic N) is 2. The van der Waals surface area contributed by atoms with Gasteiger partial charge in [-0.1, -0.05) is 48.5 Å². The minimum absolute atomic E-state index is 0.0601. The molecule has 3 aromatic rings. The summed E-state index contributed by atoms with van der Waals surface area (Å²) in [5.41, 5.74) is 3.26. The second-order valence-corrected chi connectivity index (χ2v) is 5.99. The zero-order valence-corrected chi connectivity index (χ0v) is 15.0. The van der Waals surface area contributed by atoms with Crippen molar-refractivity contribution in [1.82, 2.24) is 9.97 Å². The molecule has 0 radical (unpaired) electrons. The predicted octanol–water partition coefficient (Wildman–Crippen LogP) is 3.64. The van der Waals surface area contributed by atoms with E-state index in [4.69, 9.17) is 4.74 Å².